The molecule has 0 saturated carbocycles. The van der Waals surface area contributed by atoms with E-state index in [0.29, 0.717) is 10.1 Å². The van der Waals surface area contributed by atoms with Crippen molar-refractivity contribution in [2.45, 2.75) is 10.9 Å². The maximum absolute atomic E-state index is 12.4. The second-order valence-electron chi connectivity index (χ2n) is 5.20. The van der Waals surface area contributed by atoms with Crippen LogP contribution in [0.15, 0.2) is 53.4 Å². The fraction of sp³-hybridized carbons (Fsp3) is 0.125. The summed E-state index contributed by atoms with van der Waals surface area (Å²) in [4.78, 5) is 23.5. The Labute approximate surface area is 138 Å². The van der Waals surface area contributed by atoms with Crippen LogP contribution in [-0.2, 0) is 14.8 Å². The maximum Gasteiger partial charge on any atom is 0.330 e. The van der Waals surface area contributed by atoms with Crippen LogP contribution in [0.4, 0.5) is 0 Å². The first kappa shape index (κ1) is 16.2. The summed E-state index contributed by atoms with van der Waals surface area (Å²) in [5, 5.41) is 9.18. The van der Waals surface area contributed by atoms with Crippen molar-refractivity contribution >= 4 is 21.8 Å². The van der Waals surface area contributed by atoms with Crippen LogP contribution in [0, 0.1) is 0 Å². The molecule has 1 N–H and O–H groups in total. The van der Waals surface area contributed by atoms with E-state index in [1.165, 1.54) is 18.2 Å². The number of rotatable bonds is 3. The third-order valence-corrected chi connectivity index (χ3v) is 5.58. The second-order valence-corrected chi connectivity index (χ2v) is 7.17. The molecule has 3 rings (SSSR count). The third kappa shape index (κ3) is 2.55. The molecule has 7 nitrogen and oxygen atoms in total. The Balaban J connectivity index is 2.08. The van der Waals surface area contributed by atoms with Crippen molar-refractivity contribution in [3.05, 3.63) is 54.1 Å². The van der Waals surface area contributed by atoms with E-state index in [-0.39, 0.29) is 16.2 Å². The van der Waals surface area contributed by atoms with E-state index in [2.05, 4.69) is 0 Å². The summed E-state index contributed by atoms with van der Waals surface area (Å²) < 4.78 is 30.9. The number of carbonyl (C=O) groups excluding carboxylic acids is 1. The number of benzene rings is 2. The van der Waals surface area contributed by atoms with Crippen LogP contribution in [0.3, 0.4) is 0 Å². The number of hydrogen-bond acceptors (Lipinski definition) is 5. The molecule has 0 radical (unpaired) electrons. The molecular formula is C16H13NO6S. The van der Waals surface area contributed by atoms with Crippen molar-refractivity contribution in [3.8, 4) is 11.5 Å². The molecule has 0 fully saturated rings. The van der Waals surface area contributed by atoms with E-state index in [0.717, 1.165) is 7.05 Å². The molecule has 8 heteroatoms. The first-order valence-corrected chi connectivity index (χ1v) is 8.38. The van der Waals surface area contributed by atoms with Gasteiger partial charge in [0.25, 0.3) is 0 Å². The monoisotopic (exact) mass is 347 g/mol. The molecule has 0 spiro atoms. The zero-order chi connectivity index (χ0) is 17.5. The highest BCUT2D eigenvalue weighted by Gasteiger charge is 2.45. The van der Waals surface area contributed by atoms with Crippen molar-refractivity contribution in [1.82, 2.24) is 4.31 Å². The minimum Gasteiger partial charge on any atom is -0.480 e. The highest BCUT2D eigenvalue weighted by Crippen LogP contribution is 2.33. The largest absolute Gasteiger partial charge is 0.480 e. The molecule has 0 amide bonds. The molecule has 1 aliphatic rings. The number of fused-ring (bicyclic) bond motifs is 1. The maximum atomic E-state index is 12.4. The number of hydrogen-bond donors (Lipinski definition) is 1. The van der Waals surface area contributed by atoms with Gasteiger partial charge in [-0.25, -0.2) is 13.2 Å². The number of carboxylic acid groups (broad SMARTS) is 1. The van der Waals surface area contributed by atoms with E-state index in [4.69, 9.17) is 4.74 Å². The van der Waals surface area contributed by atoms with Crippen LogP contribution in [0.25, 0.3) is 0 Å². The number of ketones is 1. The summed E-state index contributed by atoms with van der Waals surface area (Å²) in [6, 6.07) is 10.9. The van der Waals surface area contributed by atoms with Crippen LogP contribution in [0.5, 0.6) is 11.5 Å². The van der Waals surface area contributed by atoms with E-state index < -0.39 is 27.8 Å². The van der Waals surface area contributed by atoms with Gasteiger partial charge in [0.2, 0.25) is 10.0 Å². The van der Waals surface area contributed by atoms with E-state index in [1.807, 2.05) is 6.07 Å². The van der Waals surface area contributed by atoms with Crippen LogP contribution in [0.1, 0.15) is 10.4 Å². The summed E-state index contributed by atoms with van der Waals surface area (Å²) in [6.07, 6.45) is 0. The fourth-order valence-electron chi connectivity index (χ4n) is 2.49. The van der Waals surface area contributed by atoms with Crippen molar-refractivity contribution in [2.24, 2.45) is 0 Å². The Hall–Kier alpha value is -2.71. The van der Waals surface area contributed by atoms with Gasteiger partial charge in [-0.1, -0.05) is 18.2 Å². The van der Waals surface area contributed by atoms with Crippen LogP contribution >= 0.6 is 0 Å². The minimum absolute atomic E-state index is 0.186. The number of aliphatic carboxylic acids is 1. The van der Waals surface area contributed by atoms with Crippen LogP contribution in [0.2, 0.25) is 0 Å². The number of ether oxygens (including phenoxy) is 1. The van der Waals surface area contributed by atoms with E-state index in [9.17, 15) is 23.1 Å². The second kappa shape index (κ2) is 5.73. The minimum atomic E-state index is -4.06. The zero-order valence-corrected chi connectivity index (χ0v) is 13.4. The third-order valence-electron chi connectivity index (χ3n) is 3.70. The van der Waals surface area contributed by atoms with Crippen molar-refractivity contribution < 1.29 is 27.9 Å². The molecule has 1 unspecified atom stereocenters. The predicted molar refractivity (Wildman–Crippen MR) is 83.7 cm³/mol. The van der Waals surface area contributed by atoms with Gasteiger partial charge in [0.15, 0.2) is 11.8 Å². The average molecular weight is 347 g/mol. The Morgan fingerprint density at radius 3 is 2.42 bits per heavy atom. The SMILES string of the molecule is CN1C(C(=O)O)C(=O)c2cc(Oc3ccccc3)ccc2S1(=O)=O. The van der Waals surface area contributed by atoms with Crippen LogP contribution < -0.4 is 4.74 Å². The van der Waals surface area contributed by atoms with Gasteiger partial charge in [0.05, 0.1) is 4.90 Å². The normalized spacial score (nSPS) is 19.5. The highest BCUT2D eigenvalue weighted by molar-refractivity contribution is 7.89. The lowest BCUT2D eigenvalue weighted by Gasteiger charge is -2.29. The Morgan fingerprint density at radius 1 is 1.12 bits per heavy atom. The van der Waals surface area contributed by atoms with E-state index in [1.54, 1.807) is 24.3 Å². The number of carbonyl (C=O) groups is 2. The topological polar surface area (TPSA) is 101 Å². The Bertz CT molecular complexity index is 923. The lowest BCUT2D eigenvalue weighted by Crippen LogP contribution is -2.51. The lowest BCUT2D eigenvalue weighted by molar-refractivity contribution is -0.139. The number of likely N-dealkylation sites (N-methyl/N-ethyl adjacent to an activating group) is 1. The smallest absolute Gasteiger partial charge is 0.330 e. The van der Waals surface area contributed by atoms with Gasteiger partial charge in [-0.05, 0) is 30.3 Å². The molecule has 1 atom stereocenters. The molecule has 24 heavy (non-hydrogen) atoms. The van der Waals surface area contributed by atoms with Gasteiger partial charge in [-0.15, -0.1) is 0 Å². The summed E-state index contributed by atoms with van der Waals surface area (Å²) in [5.41, 5.74) is -0.186. The van der Waals surface area contributed by atoms with Gasteiger partial charge >= 0.3 is 5.97 Å². The predicted octanol–water partition coefficient (Wildman–Crippen LogP) is 1.75. The zero-order valence-electron chi connectivity index (χ0n) is 12.5. The number of carboxylic acids is 1. The van der Waals surface area contributed by atoms with Crippen molar-refractivity contribution in [1.29, 1.82) is 0 Å². The molecule has 0 bridgehead atoms. The molecule has 0 aromatic heterocycles. The van der Waals surface area contributed by atoms with E-state index >= 15 is 0 Å². The quantitative estimate of drug-likeness (QED) is 0.849. The highest BCUT2D eigenvalue weighted by atomic mass is 32.2. The average Bonchev–Trinajstić information content (AvgIpc) is 2.54. The first-order chi connectivity index (χ1) is 11.3. The molecule has 2 aromatic carbocycles. The standard InChI is InChI=1S/C16H13NO6S/c1-17-14(16(19)20)15(18)12-9-11(7-8-13(12)24(17,21)22)23-10-5-3-2-4-6-10/h2-9,14H,1H3,(H,19,20). The van der Waals surface area contributed by atoms with Crippen molar-refractivity contribution in [3.63, 3.8) is 0 Å². The summed E-state index contributed by atoms with van der Waals surface area (Å²) in [7, 11) is -2.99. The lowest BCUT2D eigenvalue weighted by atomic mass is 10.0. The van der Waals surface area contributed by atoms with Gasteiger partial charge in [-0.3, -0.25) is 4.79 Å². The summed E-state index contributed by atoms with van der Waals surface area (Å²) in [6.45, 7) is 0. The number of sulfonamides is 1. The molecule has 124 valence electrons. The Kier molecular flexibility index (Phi) is 3.86. The molecule has 1 aliphatic heterocycles. The first-order valence-electron chi connectivity index (χ1n) is 6.94. The molecule has 0 saturated heterocycles. The van der Waals surface area contributed by atoms with Crippen LogP contribution in [-0.4, -0.2) is 42.7 Å². The Morgan fingerprint density at radius 2 is 1.79 bits per heavy atom. The molecule has 2 aromatic rings. The van der Waals surface area contributed by atoms with Gasteiger partial charge in [0.1, 0.15) is 11.5 Å². The molecular weight excluding hydrogens is 334 g/mol. The van der Waals surface area contributed by atoms with Gasteiger partial charge < -0.3 is 9.84 Å². The fourth-order valence-corrected chi connectivity index (χ4v) is 3.94. The van der Waals surface area contributed by atoms with Gasteiger partial charge in [0, 0.05) is 12.6 Å². The summed E-state index contributed by atoms with van der Waals surface area (Å²) in [5.74, 6) is -1.56. The summed E-state index contributed by atoms with van der Waals surface area (Å²) >= 11 is 0. The van der Waals surface area contributed by atoms with Gasteiger partial charge in [-0.2, -0.15) is 4.31 Å². The molecule has 0 aliphatic carbocycles. The number of nitrogens with zero attached hydrogens (tertiary/aromatic N) is 1. The molecule has 1 heterocycles. The van der Waals surface area contributed by atoms with Crippen molar-refractivity contribution in [2.75, 3.05) is 7.05 Å². The number of Topliss-reactive ketones (excluding diaryl/α,β-unsaturated/α-hetero) is 1. The number of para-hydroxylation sites is 1.